The molecule has 8 heteroatoms. The molecule has 3 aromatic rings. The fourth-order valence-corrected chi connectivity index (χ4v) is 3.16. The number of H-pyrrole nitrogens is 1. The van der Waals surface area contributed by atoms with Crippen molar-refractivity contribution in [2.75, 3.05) is 13.1 Å². The summed E-state index contributed by atoms with van der Waals surface area (Å²) in [4.78, 5) is 30.8. The topological polar surface area (TPSA) is 96.5 Å². The van der Waals surface area contributed by atoms with Gasteiger partial charge in [0.25, 0.3) is 11.5 Å². The Morgan fingerprint density at radius 1 is 1.33 bits per heavy atom. The third kappa shape index (κ3) is 2.49. The van der Waals surface area contributed by atoms with Crippen molar-refractivity contribution in [2.24, 2.45) is 0 Å². The van der Waals surface area contributed by atoms with E-state index in [9.17, 15) is 9.59 Å². The van der Waals surface area contributed by atoms with Crippen LogP contribution in [-0.4, -0.2) is 43.7 Å². The van der Waals surface area contributed by atoms with Crippen LogP contribution in [0.1, 0.15) is 40.7 Å². The second-order valence-electron chi connectivity index (χ2n) is 6.06. The lowest BCUT2D eigenvalue weighted by Gasteiger charge is -2.31. The molecule has 4 rings (SSSR count). The summed E-state index contributed by atoms with van der Waals surface area (Å²) >= 11 is 0. The average molecular weight is 327 g/mol. The number of piperidine rings is 1. The molecule has 0 saturated carbocycles. The van der Waals surface area contributed by atoms with Crippen molar-refractivity contribution in [1.29, 1.82) is 0 Å². The van der Waals surface area contributed by atoms with E-state index in [4.69, 9.17) is 4.52 Å². The Kier molecular flexibility index (Phi) is 3.44. The quantitative estimate of drug-likeness (QED) is 0.766. The van der Waals surface area contributed by atoms with Crippen LogP contribution in [0.2, 0.25) is 0 Å². The highest BCUT2D eigenvalue weighted by Crippen LogP contribution is 2.27. The Balaban J connectivity index is 1.49. The van der Waals surface area contributed by atoms with Crippen LogP contribution in [0.3, 0.4) is 0 Å². The number of carbonyl (C=O) groups is 1. The Morgan fingerprint density at radius 2 is 2.12 bits per heavy atom. The van der Waals surface area contributed by atoms with E-state index in [1.54, 1.807) is 36.2 Å². The van der Waals surface area contributed by atoms with Crippen molar-refractivity contribution in [3.8, 4) is 0 Å². The Hall–Kier alpha value is -2.90. The first kappa shape index (κ1) is 14.7. The standard InChI is InChI=1S/C16H17N5O3/c1-10-8-13(19-24-10)16(23)20-6-3-11(4-7-20)12-9-15(22)21-14(18-12)2-5-17-21/h2,5,8-9,11,17H,3-4,6-7H2,1H3. The van der Waals surface area contributed by atoms with Gasteiger partial charge in [-0.15, -0.1) is 0 Å². The average Bonchev–Trinajstić information content (AvgIpc) is 3.23. The molecule has 1 aliphatic rings. The fraction of sp³-hybridized carbons (Fsp3) is 0.375. The Morgan fingerprint density at radius 3 is 2.83 bits per heavy atom. The number of rotatable bonds is 2. The highest BCUT2D eigenvalue weighted by molar-refractivity contribution is 5.92. The van der Waals surface area contributed by atoms with Gasteiger partial charge >= 0.3 is 0 Å². The predicted octanol–water partition coefficient (Wildman–Crippen LogP) is 1.34. The van der Waals surface area contributed by atoms with Gasteiger partial charge in [-0.2, -0.15) is 0 Å². The van der Waals surface area contributed by atoms with Crippen LogP contribution in [0.15, 0.2) is 33.7 Å². The van der Waals surface area contributed by atoms with Crippen LogP contribution in [-0.2, 0) is 0 Å². The van der Waals surface area contributed by atoms with Crippen LogP contribution in [0.5, 0.6) is 0 Å². The maximum absolute atomic E-state index is 12.4. The molecule has 0 radical (unpaired) electrons. The number of amides is 1. The van der Waals surface area contributed by atoms with E-state index in [0.29, 0.717) is 30.2 Å². The first-order valence-corrected chi connectivity index (χ1v) is 7.91. The highest BCUT2D eigenvalue weighted by Gasteiger charge is 2.27. The maximum Gasteiger partial charge on any atom is 0.276 e. The molecule has 0 aromatic carbocycles. The number of nitrogens with one attached hydrogen (secondary N) is 1. The molecule has 1 fully saturated rings. The first-order chi connectivity index (χ1) is 11.6. The smallest absolute Gasteiger partial charge is 0.276 e. The number of fused-ring (bicyclic) bond motifs is 1. The first-order valence-electron chi connectivity index (χ1n) is 7.91. The van der Waals surface area contributed by atoms with Crippen LogP contribution in [0, 0.1) is 6.92 Å². The second-order valence-corrected chi connectivity index (χ2v) is 6.06. The lowest BCUT2D eigenvalue weighted by Crippen LogP contribution is -2.38. The summed E-state index contributed by atoms with van der Waals surface area (Å²) in [5, 5.41) is 6.61. The largest absolute Gasteiger partial charge is 0.361 e. The summed E-state index contributed by atoms with van der Waals surface area (Å²) in [5.41, 5.74) is 1.64. The number of aryl methyl sites for hydroxylation is 1. The van der Waals surface area contributed by atoms with Gasteiger partial charge in [0.1, 0.15) is 5.76 Å². The minimum Gasteiger partial charge on any atom is -0.361 e. The van der Waals surface area contributed by atoms with Gasteiger partial charge in [0.05, 0.1) is 5.69 Å². The summed E-state index contributed by atoms with van der Waals surface area (Å²) < 4.78 is 6.38. The number of likely N-dealkylation sites (tertiary alicyclic amines) is 1. The molecule has 1 amide bonds. The molecule has 0 aliphatic carbocycles. The zero-order chi connectivity index (χ0) is 16.7. The van der Waals surface area contributed by atoms with Crippen molar-refractivity contribution >= 4 is 11.6 Å². The summed E-state index contributed by atoms with van der Waals surface area (Å²) in [5.74, 6) is 0.692. The number of aromatic nitrogens is 4. The number of nitrogens with zero attached hydrogens (tertiary/aromatic N) is 4. The SMILES string of the molecule is Cc1cc(C(=O)N2CCC(c3cc(=O)n4[nH]ccc4n3)CC2)no1. The van der Waals surface area contributed by atoms with Crippen molar-refractivity contribution < 1.29 is 9.32 Å². The zero-order valence-corrected chi connectivity index (χ0v) is 13.2. The number of aromatic amines is 1. The van der Waals surface area contributed by atoms with E-state index in [1.807, 2.05) is 0 Å². The van der Waals surface area contributed by atoms with E-state index in [1.165, 1.54) is 4.52 Å². The predicted molar refractivity (Wildman–Crippen MR) is 84.9 cm³/mol. The molecule has 0 bridgehead atoms. The van der Waals surface area contributed by atoms with Gasteiger partial charge in [0.15, 0.2) is 11.3 Å². The summed E-state index contributed by atoms with van der Waals surface area (Å²) in [6.45, 7) is 2.99. The molecule has 1 aliphatic heterocycles. The molecule has 24 heavy (non-hydrogen) atoms. The van der Waals surface area contributed by atoms with Crippen molar-refractivity contribution in [1.82, 2.24) is 24.7 Å². The minimum absolute atomic E-state index is 0.112. The molecule has 124 valence electrons. The summed E-state index contributed by atoms with van der Waals surface area (Å²) in [6.07, 6.45) is 3.24. The molecule has 0 spiro atoms. The molecular formula is C16H17N5O3. The van der Waals surface area contributed by atoms with Crippen LogP contribution >= 0.6 is 0 Å². The fourth-order valence-electron chi connectivity index (χ4n) is 3.16. The van der Waals surface area contributed by atoms with Gasteiger partial charge in [-0.05, 0) is 19.8 Å². The normalized spacial score (nSPS) is 16.0. The van der Waals surface area contributed by atoms with Gasteiger partial charge in [-0.3, -0.25) is 14.7 Å². The van der Waals surface area contributed by atoms with E-state index < -0.39 is 0 Å². The number of hydrogen-bond acceptors (Lipinski definition) is 5. The molecule has 1 saturated heterocycles. The van der Waals surface area contributed by atoms with Gasteiger partial charge < -0.3 is 9.42 Å². The molecule has 8 nitrogen and oxygen atoms in total. The van der Waals surface area contributed by atoms with Gasteiger partial charge in [0, 0.05) is 43.4 Å². The van der Waals surface area contributed by atoms with Crippen LogP contribution < -0.4 is 5.56 Å². The van der Waals surface area contributed by atoms with Crippen LogP contribution in [0.4, 0.5) is 0 Å². The molecule has 3 aromatic heterocycles. The Labute approximate surface area is 137 Å². The number of hydrogen-bond donors (Lipinski definition) is 1. The van der Waals surface area contributed by atoms with Crippen molar-refractivity contribution in [3.05, 3.63) is 51.9 Å². The van der Waals surface area contributed by atoms with Gasteiger partial charge in [-0.1, -0.05) is 5.16 Å². The lowest BCUT2D eigenvalue weighted by molar-refractivity contribution is 0.0701. The third-order valence-corrected chi connectivity index (χ3v) is 4.45. The highest BCUT2D eigenvalue weighted by atomic mass is 16.5. The summed E-state index contributed by atoms with van der Waals surface area (Å²) in [7, 11) is 0. The zero-order valence-electron chi connectivity index (χ0n) is 13.2. The molecule has 0 unspecified atom stereocenters. The lowest BCUT2D eigenvalue weighted by atomic mass is 9.93. The minimum atomic E-state index is -0.114. The maximum atomic E-state index is 12.4. The molecular weight excluding hydrogens is 310 g/mol. The van der Waals surface area contributed by atoms with E-state index in [2.05, 4.69) is 15.2 Å². The van der Waals surface area contributed by atoms with Gasteiger partial charge in [-0.25, -0.2) is 9.50 Å². The third-order valence-electron chi connectivity index (χ3n) is 4.45. The van der Waals surface area contributed by atoms with Gasteiger partial charge in [0.2, 0.25) is 0 Å². The Bertz CT molecular complexity index is 946. The molecule has 4 heterocycles. The molecule has 1 N–H and O–H groups in total. The monoisotopic (exact) mass is 327 g/mol. The van der Waals surface area contributed by atoms with E-state index in [-0.39, 0.29) is 17.4 Å². The van der Waals surface area contributed by atoms with E-state index >= 15 is 0 Å². The van der Waals surface area contributed by atoms with E-state index in [0.717, 1.165) is 18.5 Å². The summed E-state index contributed by atoms with van der Waals surface area (Å²) in [6, 6.07) is 5.00. The van der Waals surface area contributed by atoms with Crippen LogP contribution in [0.25, 0.3) is 5.65 Å². The number of carbonyl (C=O) groups excluding carboxylic acids is 1. The second kappa shape index (κ2) is 5.63. The molecule has 0 atom stereocenters. The van der Waals surface area contributed by atoms with Crippen molar-refractivity contribution in [2.45, 2.75) is 25.7 Å². The van der Waals surface area contributed by atoms with Crippen molar-refractivity contribution in [3.63, 3.8) is 0 Å².